The van der Waals surface area contributed by atoms with Crippen molar-refractivity contribution in [3.63, 3.8) is 0 Å². The number of alkyl halides is 1. The first-order valence-corrected chi connectivity index (χ1v) is 7.85. The summed E-state index contributed by atoms with van der Waals surface area (Å²) in [7, 11) is 0. The van der Waals surface area contributed by atoms with Crippen LogP contribution in [0.4, 0.5) is 4.39 Å². The lowest BCUT2D eigenvalue weighted by Crippen LogP contribution is -2.04. The highest BCUT2D eigenvalue weighted by Gasteiger charge is 2.19. The largest absolute Gasteiger partial charge is 0.292 e. The molecule has 0 saturated carbocycles. The summed E-state index contributed by atoms with van der Waals surface area (Å²) in [5, 5.41) is 0.0908. The van der Waals surface area contributed by atoms with Crippen molar-refractivity contribution in [2.45, 2.75) is 12.3 Å². The van der Waals surface area contributed by atoms with Gasteiger partial charge in [0, 0.05) is 9.50 Å². The molecule has 1 atom stereocenters. The summed E-state index contributed by atoms with van der Waals surface area (Å²) in [6.07, 6.45) is 0. The highest BCUT2D eigenvalue weighted by atomic mass is 79.9. The van der Waals surface area contributed by atoms with Crippen molar-refractivity contribution < 1.29 is 4.39 Å². The summed E-state index contributed by atoms with van der Waals surface area (Å²) in [6.45, 7) is 1.80. The van der Waals surface area contributed by atoms with Crippen molar-refractivity contribution in [1.82, 2.24) is 9.55 Å². The quantitative estimate of drug-likeness (QED) is 0.502. The van der Waals surface area contributed by atoms with Crippen LogP contribution in [0.15, 0.2) is 40.9 Å². The molecule has 108 valence electrons. The van der Waals surface area contributed by atoms with E-state index in [0.29, 0.717) is 16.5 Å². The molecule has 0 saturated heterocycles. The van der Waals surface area contributed by atoms with Crippen molar-refractivity contribution in [2.75, 3.05) is 0 Å². The summed E-state index contributed by atoms with van der Waals surface area (Å²) >= 11 is 15.6. The molecule has 0 aliphatic rings. The van der Waals surface area contributed by atoms with E-state index in [1.165, 1.54) is 12.1 Å². The average molecular weight is 388 g/mol. The highest BCUT2D eigenvalue weighted by molar-refractivity contribution is 9.10. The fourth-order valence-electron chi connectivity index (χ4n) is 2.25. The van der Waals surface area contributed by atoms with Crippen molar-refractivity contribution in [3.8, 4) is 5.69 Å². The van der Waals surface area contributed by atoms with Crippen LogP contribution in [0.2, 0.25) is 5.02 Å². The lowest BCUT2D eigenvalue weighted by Gasteiger charge is -2.12. The van der Waals surface area contributed by atoms with Crippen LogP contribution >= 0.6 is 39.1 Å². The van der Waals surface area contributed by atoms with Crippen LogP contribution in [0.1, 0.15) is 18.1 Å². The fraction of sp³-hybridized carbons (Fsp3) is 0.133. The van der Waals surface area contributed by atoms with Gasteiger partial charge < -0.3 is 0 Å². The smallest absolute Gasteiger partial charge is 0.147 e. The Morgan fingerprint density at radius 1 is 1.24 bits per heavy atom. The average Bonchev–Trinajstić information content (AvgIpc) is 2.80. The Balaban J connectivity index is 2.39. The van der Waals surface area contributed by atoms with Gasteiger partial charge >= 0.3 is 0 Å². The van der Waals surface area contributed by atoms with Crippen LogP contribution in [0, 0.1) is 5.82 Å². The standard InChI is InChI=1S/C15H10BrCl2FN2/c1-8(17)15-20-12-6-9(16)2-5-13(12)21(15)14-7-10(18)3-4-11(14)19/h2-8H,1H3. The number of halogens is 4. The lowest BCUT2D eigenvalue weighted by molar-refractivity contribution is 0.616. The first-order valence-electron chi connectivity index (χ1n) is 6.25. The summed E-state index contributed by atoms with van der Waals surface area (Å²) in [6, 6.07) is 10.0. The Kier molecular flexibility index (Phi) is 3.95. The summed E-state index contributed by atoms with van der Waals surface area (Å²) in [5.41, 5.74) is 1.86. The lowest BCUT2D eigenvalue weighted by atomic mass is 10.2. The predicted molar refractivity (Wildman–Crippen MR) is 88.0 cm³/mol. The third kappa shape index (κ3) is 2.68. The number of rotatable bonds is 2. The van der Waals surface area contributed by atoms with E-state index in [1.54, 1.807) is 17.6 Å². The second-order valence-electron chi connectivity index (χ2n) is 4.65. The maximum absolute atomic E-state index is 14.2. The second kappa shape index (κ2) is 5.59. The Morgan fingerprint density at radius 3 is 2.71 bits per heavy atom. The van der Waals surface area contributed by atoms with E-state index in [9.17, 15) is 4.39 Å². The number of benzene rings is 2. The maximum Gasteiger partial charge on any atom is 0.147 e. The van der Waals surface area contributed by atoms with Gasteiger partial charge in [-0.05, 0) is 43.3 Å². The van der Waals surface area contributed by atoms with E-state index in [-0.39, 0.29) is 11.2 Å². The number of nitrogens with zero attached hydrogens (tertiary/aromatic N) is 2. The Labute approximate surface area is 139 Å². The molecule has 1 unspecified atom stereocenters. The molecule has 21 heavy (non-hydrogen) atoms. The van der Waals surface area contributed by atoms with Gasteiger partial charge in [0.15, 0.2) is 0 Å². The van der Waals surface area contributed by atoms with E-state index in [4.69, 9.17) is 23.2 Å². The van der Waals surface area contributed by atoms with Gasteiger partial charge in [-0.25, -0.2) is 9.37 Å². The van der Waals surface area contributed by atoms with Crippen LogP contribution in [0.25, 0.3) is 16.7 Å². The molecule has 0 radical (unpaired) electrons. The normalized spacial score (nSPS) is 12.8. The molecular weight excluding hydrogens is 378 g/mol. The molecular formula is C15H10BrCl2FN2. The van der Waals surface area contributed by atoms with Gasteiger partial charge in [-0.2, -0.15) is 0 Å². The molecule has 0 aliphatic heterocycles. The predicted octanol–water partition coefficient (Wildman–Crippen LogP) is 5.88. The van der Waals surface area contributed by atoms with E-state index >= 15 is 0 Å². The minimum Gasteiger partial charge on any atom is -0.292 e. The van der Waals surface area contributed by atoms with Gasteiger partial charge in [-0.1, -0.05) is 27.5 Å². The zero-order chi connectivity index (χ0) is 15.1. The monoisotopic (exact) mass is 386 g/mol. The van der Waals surface area contributed by atoms with Crippen LogP contribution in [0.3, 0.4) is 0 Å². The van der Waals surface area contributed by atoms with Gasteiger partial charge in [0.25, 0.3) is 0 Å². The maximum atomic E-state index is 14.2. The highest BCUT2D eigenvalue weighted by Crippen LogP contribution is 2.31. The first kappa shape index (κ1) is 14.8. The molecule has 1 heterocycles. The number of hydrogen-bond acceptors (Lipinski definition) is 1. The molecule has 2 aromatic carbocycles. The Bertz CT molecular complexity index is 830. The van der Waals surface area contributed by atoms with Crippen molar-refractivity contribution in [3.05, 3.63) is 57.5 Å². The van der Waals surface area contributed by atoms with Gasteiger partial charge in [0.2, 0.25) is 0 Å². The van der Waals surface area contributed by atoms with Crippen molar-refractivity contribution in [2.24, 2.45) is 0 Å². The van der Waals surface area contributed by atoms with Crippen LogP contribution in [0.5, 0.6) is 0 Å². The van der Waals surface area contributed by atoms with Crippen molar-refractivity contribution >= 4 is 50.2 Å². The van der Waals surface area contributed by atoms with Crippen LogP contribution < -0.4 is 0 Å². The first-order chi connectivity index (χ1) is 9.97. The van der Waals surface area contributed by atoms with Gasteiger partial charge in [0.05, 0.1) is 22.1 Å². The van der Waals surface area contributed by atoms with Crippen LogP contribution in [-0.2, 0) is 0 Å². The van der Waals surface area contributed by atoms with Gasteiger partial charge in [-0.3, -0.25) is 4.57 Å². The minimum absolute atomic E-state index is 0.342. The van der Waals surface area contributed by atoms with E-state index < -0.39 is 0 Å². The molecule has 1 aromatic heterocycles. The third-order valence-corrected chi connectivity index (χ3v) is 4.07. The summed E-state index contributed by atoms with van der Waals surface area (Å²) in [4.78, 5) is 4.51. The van der Waals surface area contributed by atoms with Gasteiger partial charge in [-0.15, -0.1) is 11.6 Å². The summed E-state index contributed by atoms with van der Waals surface area (Å²) in [5.74, 6) is 0.200. The zero-order valence-electron chi connectivity index (χ0n) is 10.9. The Hall–Kier alpha value is -1.10. The second-order valence-corrected chi connectivity index (χ2v) is 6.66. The van der Waals surface area contributed by atoms with E-state index in [1.807, 2.05) is 18.2 Å². The van der Waals surface area contributed by atoms with Gasteiger partial charge in [0.1, 0.15) is 11.6 Å². The topological polar surface area (TPSA) is 17.8 Å². The molecule has 6 heteroatoms. The zero-order valence-corrected chi connectivity index (χ0v) is 14.0. The molecule has 0 amide bonds. The van der Waals surface area contributed by atoms with Crippen molar-refractivity contribution in [1.29, 1.82) is 0 Å². The molecule has 0 fully saturated rings. The number of fused-ring (bicyclic) bond motifs is 1. The molecule has 0 aliphatic carbocycles. The van der Waals surface area contributed by atoms with E-state index in [0.717, 1.165) is 15.5 Å². The fourth-order valence-corrected chi connectivity index (χ4v) is 2.91. The SMILES string of the molecule is CC(Cl)c1nc2cc(Br)ccc2n1-c1cc(Cl)ccc1F. The molecule has 0 N–H and O–H groups in total. The molecule has 0 spiro atoms. The van der Waals surface area contributed by atoms with E-state index in [2.05, 4.69) is 20.9 Å². The molecule has 3 aromatic rings. The molecule has 0 bridgehead atoms. The van der Waals surface area contributed by atoms with Crippen LogP contribution in [-0.4, -0.2) is 9.55 Å². The third-order valence-electron chi connectivity index (χ3n) is 3.15. The molecule has 2 nitrogen and oxygen atoms in total. The molecule has 3 rings (SSSR count). The minimum atomic E-state index is -0.375. The number of imidazole rings is 1. The Morgan fingerprint density at radius 2 is 2.00 bits per heavy atom. The number of hydrogen-bond donors (Lipinski definition) is 0. The number of aromatic nitrogens is 2. The summed E-state index contributed by atoms with van der Waals surface area (Å²) < 4.78 is 16.8.